The minimum atomic E-state index is -0.750. The van der Waals surface area contributed by atoms with Gasteiger partial charge in [-0.15, -0.1) is 0 Å². The highest BCUT2D eigenvalue weighted by Crippen LogP contribution is 2.10. The molecule has 1 heterocycles. The molecule has 2 N–H and O–H groups in total. The van der Waals surface area contributed by atoms with Gasteiger partial charge < -0.3 is 14.9 Å². The van der Waals surface area contributed by atoms with Gasteiger partial charge in [-0.1, -0.05) is 53.2 Å². The Bertz CT molecular complexity index is 811. The number of hydrogen-bond acceptors (Lipinski definition) is 5. The van der Waals surface area contributed by atoms with Crippen LogP contribution in [0.1, 0.15) is 30.7 Å². The molecule has 0 saturated carbocycles. The fraction of sp³-hybridized carbons (Fsp3) is 0.333. The molecule has 0 aliphatic carbocycles. The molecule has 0 bridgehead atoms. The first-order chi connectivity index (χ1) is 12.5. The topological polar surface area (TPSA) is 93.7 Å². The van der Waals surface area contributed by atoms with Gasteiger partial charge in [-0.2, -0.15) is 0 Å². The molecule has 0 aliphatic heterocycles. The molecule has 1 aromatic heterocycles. The molecular weight excluding hydrogens is 404 g/mol. The van der Waals surface area contributed by atoms with Gasteiger partial charge in [0.1, 0.15) is 13.0 Å². The third-order valence-corrected chi connectivity index (χ3v) is 3.84. The van der Waals surface area contributed by atoms with Crippen LogP contribution in [-0.4, -0.2) is 33.2 Å². The molecule has 2 aromatic rings. The number of aromatic nitrogens is 2. The van der Waals surface area contributed by atoms with E-state index >= 15 is 0 Å². The Morgan fingerprint density at radius 2 is 1.85 bits per heavy atom. The predicted octanol–water partition coefficient (Wildman–Crippen LogP) is 1.91. The maximum Gasteiger partial charge on any atom is 0.333 e. The second-order valence-electron chi connectivity index (χ2n) is 5.18. The van der Waals surface area contributed by atoms with E-state index < -0.39 is 13.0 Å². The number of aliphatic hydroxyl groups is 2. The molecule has 0 spiro atoms. The van der Waals surface area contributed by atoms with Crippen LogP contribution in [0.5, 0.6) is 0 Å². The van der Waals surface area contributed by atoms with Crippen molar-refractivity contribution in [3.05, 3.63) is 73.5 Å². The van der Waals surface area contributed by atoms with Crippen molar-refractivity contribution in [2.75, 3.05) is 13.9 Å². The molecule has 7 nitrogen and oxygen atoms in total. The zero-order valence-corrected chi connectivity index (χ0v) is 16.3. The van der Waals surface area contributed by atoms with Crippen LogP contribution in [-0.2, 0) is 11.3 Å². The average molecular weight is 427 g/mol. The second kappa shape index (κ2) is 11.6. The van der Waals surface area contributed by atoms with Gasteiger partial charge in [0.05, 0.1) is 12.1 Å². The van der Waals surface area contributed by atoms with E-state index in [1.165, 1.54) is 9.13 Å². The van der Waals surface area contributed by atoms with Crippen LogP contribution in [0.15, 0.2) is 51.1 Å². The van der Waals surface area contributed by atoms with Gasteiger partial charge in [-0.05, 0) is 23.0 Å². The minimum absolute atomic E-state index is 0.225. The maximum absolute atomic E-state index is 12.7. The summed E-state index contributed by atoms with van der Waals surface area (Å²) in [5.41, 5.74) is 0.618. The third-order valence-electron chi connectivity index (χ3n) is 3.58. The Kier molecular flexibility index (Phi) is 9.82. The van der Waals surface area contributed by atoms with Crippen LogP contribution < -0.4 is 11.2 Å². The van der Waals surface area contributed by atoms with Gasteiger partial charge in [0.25, 0.3) is 5.56 Å². The predicted molar refractivity (Wildman–Crippen MR) is 104 cm³/mol. The summed E-state index contributed by atoms with van der Waals surface area (Å²) in [7, 11) is 1.55. The Labute approximate surface area is 159 Å². The first-order valence-electron chi connectivity index (χ1n) is 7.95. The number of halogens is 1. The van der Waals surface area contributed by atoms with E-state index in [1.54, 1.807) is 24.4 Å². The van der Waals surface area contributed by atoms with Gasteiger partial charge >= 0.3 is 5.69 Å². The Balaban J connectivity index is 0.00000105. The van der Waals surface area contributed by atoms with Crippen molar-refractivity contribution in [2.45, 2.75) is 26.1 Å². The molecule has 26 heavy (non-hydrogen) atoms. The molecule has 1 atom stereocenters. The molecule has 0 aliphatic rings. The first kappa shape index (κ1) is 22.0. The normalized spacial score (nSPS) is 11.9. The van der Waals surface area contributed by atoms with E-state index in [4.69, 9.17) is 14.9 Å². The van der Waals surface area contributed by atoms with Crippen molar-refractivity contribution in [1.82, 2.24) is 9.13 Å². The van der Waals surface area contributed by atoms with Crippen LogP contribution in [0.3, 0.4) is 0 Å². The van der Waals surface area contributed by atoms with Crippen molar-refractivity contribution in [3.8, 4) is 0 Å². The van der Waals surface area contributed by atoms with Gasteiger partial charge in [0, 0.05) is 13.3 Å². The summed E-state index contributed by atoms with van der Waals surface area (Å²) in [6.07, 6.45) is 3.38. The largest absolute Gasteiger partial charge is 0.371 e. The van der Waals surface area contributed by atoms with E-state index in [-0.39, 0.29) is 17.8 Å². The lowest BCUT2D eigenvalue weighted by atomic mass is 10.2. The maximum atomic E-state index is 12.7. The van der Waals surface area contributed by atoms with Gasteiger partial charge in [0.15, 0.2) is 0 Å². The Morgan fingerprint density at radius 1 is 1.23 bits per heavy atom. The lowest BCUT2D eigenvalue weighted by molar-refractivity contribution is 0.0358. The number of rotatable bonds is 6. The van der Waals surface area contributed by atoms with E-state index in [0.717, 1.165) is 5.56 Å². The highest BCUT2D eigenvalue weighted by Gasteiger charge is 2.15. The molecule has 142 valence electrons. The number of hydrogen-bond donors (Lipinski definition) is 2. The van der Waals surface area contributed by atoms with E-state index in [9.17, 15) is 9.59 Å². The molecule has 0 amide bonds. The molecule has 1 unspecified atom stereocenters. The molecule has 0 radical (unpaired) electrons. The highest BCUT2D eigenvalue weighted by molar-refractivity contribution is 9.11. The summed E-state index contributed by atoms with van der Waals surface area (Å²) in [6.45, 7) is 1.40. The van der Waals surface area contributed by atoms with Gasteiger partial charge in [-0.3, -0.25) is 13.9 Å². The van der Waals surface area contributed by atoms with E-state index in [2.05, 4.69) is 15.9 Å². The Hall–Kier alpha value is -2.00. The average Bonchev–Trinajstić information content (AvgIpc) is 2.65. The fourth-order valence-corrected chi connectivity index (χ4v) is 2.70. The zero-order valence-electron chi connectivity index (χ0n) is 14.7. The summed E-state index contributed by atoms with van der Waals surface area (Å²) in [6, 6.07) is 9.43. The summed E-state index contributed by atoms with van der Waals surface area (Å²) in [4.78, 5) is 26.9. The summed E-state index contributed by atoms with van der Waals surface area (Å²) in [5.74, 6) is 0. The van der Waals surface area contributed by atoms with E-state index in [1.807, 2.05) is 37.3 Å². The molecule has 0 fully saturated rings. The lowest BCUT2D eigenvalue weighted by Crippen LogP contribution is -2.42. The Morgan fingerprint density at radius 3 is 2.35 bits per heavy atom. The molecular formula is C18H23BrN2O5. The summed E-state index contributed by atoms with van der Waals surface area (Å²) in [5, 5.41) is 14.2. The van der Waals surface area contributed by atoms with Crippen LogP contribution >= 0.6 is 15.9 Å². The minimum Gasteiger partial charge on any atom is -0.371 e. The molecule has 1 aromatic carbocycles. The standard InChI is InChI=1S/C17H19BrN2O3.CH4O2/c1-3-15(23-2)19-12-14(9-10-18)16(21)20(17(19)22)11-13-7-5-4-6-8-13;2-1-3/h4-10,12,15H,3,11H2,1-2H3;2-3H,1H2/b10-9+;. The van der Waals surface area contributed by atoms with Crippen LogP contribution in [0.25, 0.3) is 6.08 Å². The van der Waals surface area contributed by atoms with Gasteiger partial charge in [0.2, 0.25) is 0 Å². The molecule has 2 rings (SSSR count). The van der Waals surface area contributed by atoms with Crippen molar-refractivity contribution in [2.24, 2.45) is 0 Å². The van der Waals surface area contributed by atoms with Crippen LogP contribution in [0.4, 0.5) is 0 Å². The van der Waals surface area contributed by atoms with Crippen LogP contribution in [0, 0.1) is 0 Å². The van der Waals surface area contributed by atoms with Crippen molar-refractivity contribution < 1.29 is 14.9 Å². The van der Waals surface area contributed by atoms with Gasteiger partial charge in [-0.25, -0.2) is 4.79 Å². The quantitative estimate of drug-likeness (QED) is 0.687. The second-order valence-corrected chi connectivity index (χ2v) is 5.71. The first-order valence-corrected chi connectivity index (χ1v) is 8.86. The lowest BCUT2D eigenvalue weighted by Gasteiger charge is -2.19. The number of methoxy groups -OCH3 is 1. The van der Waals surface area contributed by atoms with E-state index in [0.29, 0.717) is 12.0 Å². The highest BCUT2D eigenvalue weighted by atomic mass is 79.9. The van der Waals surface area contributed by atoms with Crippen LogP contribution in [0.2, 0.25) is 0 Å². The molecule has 8 heteroatoms. The number of aliphatic hydroxyl groups excluding tert-OH is 1. The smallest absolute Gasteiger partial charge is 0.333 e. The zero-order chi connectivity index (χ0) is 19.5. The number of nitrogens with zero attached hydrogens (tertiary/aromatic N) is 2. The third kappa shape index (κ3) is 5.77. The fourth-order valence-electron chi connectivity index (χ4n) is 2.41. The van der Waals surface area contributed by atoms with Crippen molar-refractivity contribution in [1.29, 1.82) is 0 Å². The van der Waals surface area contributed by atoms with Crippen molar-refractivity contribution in [3.63, 3.8) is 0 Å². The molecule has 0 saturated heterocycles. The number of ether oxygens (including phenoxy) is 1. The summed E-state index contributed by atoms with van der Waals surface area (Å²) >= 11 is 3.18. The SMILES string of the molecule is CCC(OC)n1cc(/C=C/Br)c(=O)n(Cc2ccccc2)c1=O.OCO. The summed E-state index contributed by atoms with van der Waals surface area (Å²) < 4.78 is 8.06. The van der Waals surface area contributed by atoms with Crippen molar-refractivity contribution >= 4 is 22.0 Å². The number of benzene rings is 1. The monoisotopic (exact) mass is 426 g/mol.